The van der Waals surface area contributed by atoms with Crippen molar-refractivity contribution in [3.8, 4) is 0 Å². The fourth-order valence-electron chi connectivity index (χ4n) is 2.61. The predicted molar refractivity (Wildman–Crippen MR) is 83.4 cm³/mol. The summed E-state index contributed by atoms with van der Waals surface area (Å²) in [5, 5.41) is 10.5. The maximum Gasteiger partial charge on any atom is 0.328 e. The molecule has 0 aliphatic carbocycles. The molecule has 0 atom stereocenters. The smallest absolute Gasteiger partial charge is 0.328 e. The highest BCUT2D eigenvalue weighted by molar-refractivity contribution is 6.33. The van der Waals surface area contributed by atoms with E-state index in [9.17, 15) is 4.79 Å². The highest BCUT2D eigenvalue weighted by atomic mass is 35.5. The summed E-state index contributed by atoms with van der Waals surface area (Å²) in [6, 6.07) is 4.19. The summed E-state index contributed by atoms with van der Waals surface area (Å²) in [6.07, 6.45) is 3.69. The summed E-state index contributed by atoms with van der Waals surface area (Å²) >= 11 is 6.46. The molecule has 0 saturated carbocycles. The molecule has 1 N–H and O–H groups in total. The van der Waals surface area contributed by atoms with Crippen molar-refractivity contribution in [2.45, 2.75) is 33.7 Å². The Morgan fingerprint density at radius 3 is 2.70 bits per heavy atom. The third-order valence-corrected chi connectivity index (χ3v) is 3.73. The first-order valence-electron chi connectivity index (χ1n) is 6.65. The quantitative estimate of drug-likeness (QED) is 0.847. The normalized spacial score (nSPS) is 11.6. The zero-order valence-corrected chi connectivity index (χ0v) is 12.7. The van der Waals surface area contributed by atoms with Crippen LogP contribution in [0.4, 0.5) is 0 Å². The number of halogens is 1. The van der Waals surface area contributed by atoms with Crippen molar-refractivity contribution < 1.29 is 9.90 Å². The van der Waals surface area contributed by atoms with Gasteiger partial charge in [-0.25, -0.2) is 4.79 Å². The number of nitrogens with zero attached hydrogens (tertiary/aromatic N) is 1. The molecule has 20 heavy (non-hydrogen) atoms. The molecule has 1 aromatic carbocycles. The first-order chi connectivity index (χ1) is 9.45. The van der Waals surface area contributed by atoms with Crippen molar-refractivity contribution in [3.05, 3.63) is 40.1 Å². The van der Waals surface area contributed by atoms with Gasteiger partial charge in [0.05, 0.1) is 5.52 Å². The molecule has 3 nitrogen and oxygen atoms in total. The van der Waals surface area contributed by atoms with Gasteiger partial charge in [0.25, 0.3) is 0 Å². The topological polar surface area (TPSA) is 42.2 Å². The van der Waals surface area contributed by atoms with Gasteiger partial charge in [-0.1, -0.05) is 24.6 Å². The van der Waals surface area contributed by atoms with E-state index in [1.54, 1.807) is 6.08 Å². The molecule has 0 bridgehead atoms. The number of fused-ring (bicyclic) bond motifs is 1. The standard InChI is InChI=1S/C16H18ClNO2/c1-4-7-18-13-9-10(2)8-11(3)15(13)12(16(18)17)5-6-14(19)20/h5-6,8-9H,4,7H2,1-3H3,(H,19,20)/b6-5+. The van der Waals surface area contributed by atoms with Crippen molar-refractivity contribution in [2.75, 3.05) is 0 Å². The number of carboxylic acids is 1. The lowest BCUT2D eigenvalue weighted by molar-refractivity contribution is -0.131. The van der Waals surface area contributed by atoms with Crippen molar-refractivity contribution in [3.63, 3.8) is 0 Å². The third kappa shape index (κ3) is 2.59. The van der Waals surface area contributed by atoms with Crippen LogP contribution in [-0.4, -0.2) is 15.6 Å². The number of aromatic nitrogens is 1. The van der Waals surface area contributed by atoms with Gasteiger partial charge < -0.3 is 9.67 Å². The van der Waals surface area contributed by atoms with Crippen LogP contribution in [0.1, 0.15) is 30.0 Å². The maximum absolute atomic E-state index is 10.8. The van der Waals surface area contributed by atoms with Crippen molar-refractivity contribution in [1.29, 1.82) is 0 Å². The Morgan fingerprint density at radius 2 is 2.10 bits per heavy atom. The Bertz CT molecular complexity index is 698. The molecule has 0 unspecified atom stereocenters. The summed E-state index contributed by atoms with van der Waals surface area (Å²) < 4.78 is 2.05. The largest absolute Gasteiger partial charge is 0.478 e. The number of carbonyl (C=O) groups is 1. The minimum atomic E-state index is -0.970. The number of rotatable bonds is 4. The third-order valence-electron chi connectivity index (χ3n) is 3.32. The maximum atomic E-state index is 10.8. The van der Waals surface area contributed by atoms with Gasteiger partial charge in [-0.05, 0) is 43.5 Å². The number of aryl methyl sites for hydroxylation is 3. The second-order valence-corrected chi connectivity index (χ2v) is 5.36. The Hall–Kier alpha value is -1.74. The van der Waals surface area contributed by atoms with E-state index < -0.39 is 5.97 Å². The van der Waals surface area contributed by atoms with Gasteiger partial charge in [-0.3, -0.25) is 0 Å². The minimum Gasteiger partial charge on any atom is -0.478 e. The summed E-state index contributed by atoms with van der Waals surface area (Å²) in [6.45, 7) is 6.99. The van der Waals surface area contributed by atoms with E-state index in [0.717, 1.165) is 41.1 Å². The molecule has 0 fully saturated rings. The van der Waals surface area contributed by atoms with Gasteiger partial charge >= 0.3 is 5.97 Å². The van der Waals surface area contributed by atoms with E-state index in [1.165, 1.54) is 5.56 Å². The molecule has 2 aromatic rings. The van der Waals surface area contributed by atoms with Crippen LogP contribution >= 0.6 is 11.6 Å². The minimum absolute atomic E-state index is 0.605. The molecule has 1 heterocycles. The molecule has 0 spiro atoms. The van der Waals surface area contributed by atoms with Crippen LogP contribution in [0.25, 0.3) is 17.0 Å². The molecular formula is C16H18ClNO2. The molecule has 0 aliphatic rings. The van der Waals surface area contributed by atoms with E-state index >= 15 is 0 Å². The molecule has 1 aromatic heterocycles. The fourth-order valence-corrected chi connectivity index (χ4v) is 2.94. The Balaban J connectivity index is 2.79. The average Bonchev–Trinajstić information content (AvgIpc) is 2.61. The van der Waals surface area contributed by atoms with E-state index in [4.69, 9.17) is 16.7 Å². The van der Waals surface area contributed by atoms with Crippen LogP contribution < -0.4 is 0 Å². The zero-order chi connectivity index (χ0) is 14.9. The number of carboxylic acid groups (broad SMARTS) is 1. The SMILES string of the molecule is CCCn1c(Cl)c(/C=C/C(=O)O)c2c(C)cc(C)cc21. The second-order valence-electron chi connectivity index (χ2n) is 5.00. The van der Waals surface area contributed by atoms with Gasteiger partial charge in [0, 0.05) is 23.6 Å². The van der Waals surface area contributed by atoms with E-state index in [2.05, 4.69) is 30.5 Å². The van der Waals surface area contributed by atoms with Crippen LogP contribution in [0.3, 0.4) is 0 Å². The Morgan fingerprint density at radius 1 is 1.40 bits per heavy atom. The van der Waals surface area contributed by atoms with Gasteiger partial charge in [-0.15, -0.1) is 0 Å². The fraction of sp³-hybridized carbons (Fsp3) is 0.312. The highest BCUT2D eigenvalue weighted by Crippen LogP contribution is 2.34. The molecule has 0 radical (unpaired) electrons. The Kier molecular flexibility index (Phi) is 4.19. The van der Waals surface area contributed by atoms with Crippen molar-refractivity contribution in [2.24, 2.45) is 0 Å². The second kappa shape index (κ2) is 5.71. The van der Waals surface area contributed by atoms with Gasteiger partial charge in [-0.2, -0.15) is 0 Å². The number of aliphatic carboxylic acids is 1. The molecule has 106 valence electrons. The van der Waals surface area contributed by atoms with Gasteiger partial charge in [0.2, 0.25) is 0 Å². The molecule has 0 aliphatic heterocycles. The zero-order valence-electron chi connectivity index (χ0n) is 11.9. The average molecular weight is 292 g/mol. The lowest BCUT2D eigenvalue weighted by Gasteiger charge is -2.06. The van der Waals surface area contributed by atoms with Crippen molar-refractivity contribution >= 4 is 34.5 Å². The van der Waals surface area contributed by atoms with Gasteiger partial charge in [0.1, 0.15) is 5.15 Å². The number of hydrogen-bond acceptors (Lipinski definition) is 1. The molecule has 4 heteroatoms. The van der Waals surface area contributed by atoms with Crippen LogP contribution in [0.15, 0.2) is 18.2 Å². The van der Waals surface area contributed by atoms with E-state index in [-0.39, 0.29) is 0 Å². The Labute approximate surface area is 123 Å². The summed E-state index contributed by atoms with van der Waals surface area (Å²) in [5.74, 6) is -0.970. The van der Waals surface area contributed by atoms with E-state index in [0.29, 0.717) is 5.15 Å². The van der Waals surface area contributed by atoms with Crippen LogP contribution in [0.5, 0.6) is 0 Å². The molecule has 2 rings (SSSR count). The molecule has 0 saturated heterocycles. The summed E-state index contributed by atoms with van der Waals surface area (Å²) in [4.78, 5) is 10.8. The lowest BCUT2D eigenvalue weighted by atomic mass is 10.0. The summed E-state index contributed by atoms with van der Waals surface area (Å²) in [5.41, 5.74) is 4.14. The lowest BCUT2D eigenvalue weighted by Crippen LogP contribution is -1.96. The summed E-state index contributed by atoms with van der Waals surface area (Å²) in [7, 11) is 0. The predicted octanol–water partition coefficient (Wildman–Crippen LogP) is 4.42. The molecular weight excluding hydrogens is 274 g/mol. The van der Waals surface area contributed by atoms with Crippen LogP contribution in [-0.2, 0) is 11.3 Å². The first kappa shape index (κ1) is 14.7. The van der Waals surface area contributed by atoms with Crippen LogP contribution in [0, 0.1) is 13.8 Å². The van der Waals surface area contributed by atoms with Gasteiger partial charge in [0.15, 0.2) is 0 Å². The van der Waals surface area contributed by atoms with Crippen LogP contribution in [0.2, 0.25) is 5.15 Å². The molecule has 0 amide bonds. The monoisotopic (exact) mass is 291 g/mol. The first-order valence-corrected chi connectivity index (χ1v) is 7.03. The van der Waals surface area contributed by atoms with Crippen molar-refractivity contribution in [1.82, 2.24) is 4.57 Å². The van der Waals surface area contributed by atoms with E-state index in [1.807, 2.05) is 6.92 Å². The highest BCUT2D eigenvalue weighted by Gasteiger charge is 2.15. The number of benzene rings is 1. The number of hydrogen-bond donors (Lipinski definition) is 1.